The van der Waals surface area contributed by atoms with Crippen molar-refractivity contribution in [2.24, 2.45) is 7.05 Å². The number of hydrogen-bond acceptors (Lipinski definition) is 6. The Morgan fingerprint density at radius 3 is 2.69 bits per heavy atom. The van der Waals surface area contributed by atoms with E-state index in [9.17, 15) is 4.79 Å². The molecule has 0 fully saturated rings. The Bertz CT molecular complexity index is 1420. The van der Waals surface area contributed by atoms with E-state index in [0.29, 0.717) is 17.2 Å². The maximum atomic E-state index is 11.9. The van der Waals surface area contributed by atoms with Gasteiger partial charge in [0.1, 0.15) is 17.2 Å². The third-order valence-corrected chi connectivity index (χ3v) is 6.21. The van der Waals surface area contributed by atoms with Crippen molar-refractivity contribution in [2.75, 3.05) is 32.5 Å². The summed E-state index contributed by atoms with van der Waals surface area (Å²) in [5.41, 5.74) is 5.70. The standard InChI is InChI=1S/C27H28N6O2/c1-28-26(34)24-17-20(10-13-29-24)35-19-8-9-25-23(16-19)31-27(33(25)3)30-22-7-5-4-6-21(22)18-11-14-32(2)15-12-18/h4-11,13,16-17H,12,14-15H2,1-3H3,(H,28,34)(H,30,31). The number of benzene rings is 2. The smallest absolute Gasteiger partial charge is 0.269 e. The molecule has 2 aromatic carbocycles. The number of ether oxygens (including phenoxy) is 1. The molecule has 178 valence electrons. The number of rotatable bonds is 6. The molecule has 1 amide bonds. The highest BCUT2D eigenvalue weighted by Gasteiger charge is 2.15. The van der Waals surface area contributed by atoms with Crippen LogP contribution in [0.25, 0.3) is 16.6 Å². The average Bonchev–Trinajstić information content (AvgIpc) is 3.19. The van der Waals surface area contributed by atoms with Crippen LogP contribution in [0.15, 0.2) is 66.9 Å². The molecule has 2 N–H and O–H groups in total. The van der Waals surface area contributed by atoms with Gasteiger partial charge in [0.05, 0.1) is 11.0 Å². The van der Waals surface area contributed by atoms with Gasteiger partial charge < -0.3 is 24.8 Å². The van der Waals surface area contributed by atoms with Crippen molar-refractivity contribution >= 4 is 34.1 Å². The summed E-state index contributed by atoms with van der Waals surface area (Å²) >= 11 is 0. The number of fused-ring (bicyclic) bond motifs is 1. The molecule has 0 spiro atoms. The topological polar surface area (TPSA) is 84.3 Å². The van der Waals surface area contributed by atoms with Gasteiger partial charge in [-0.1, -0.05) is 24.3 Å². The summed E-state index contributed by atoms with van der Waals surface area (Å²) in [6, 6.07) is 17.5. The molecule has 0 atom stereocenters. The van der Waals surface area contributed by atoms with E-state index in [1.807, 2.05) is 35.9 Å². The molecule has 5 rings (SSSR count). The molecule has 3 heterocycles. The predicted molar refractivity (Wildman–Crippen MR) is 138 cm³/mol. The minimum Gasteiger partial charge on any atom is -0.457 e. The van der Waals surface area contributed by atoms with Gasteiger partial charge in [0.25, 0.3) is 5.91 Å². The van der Waals surface area contributed by atoms with Crippen LogP contribution in [0.3, 0.4) is 0 Å². The van der Waals surface area contributed by atoms with E-state index in [0.717, 1.165) is 42.2 Å². The van der Waals surface area contributed by atoms with Crippen molar-refractivity contribution in [1.29, 1.82) is 0 Å². The minimum atomic E-state index is -0.261. The fourth-order valence-corrected chi connectivity index (χ4v) is 4.23. The maximum absolute atomic E-state index is 11.9. The summed E-state index contributed by atoms with van der Waals surface area (Å²) in [6.45, 7) is 2.01. The molecular weight excluding hydrogens is 440 g/mol. The second-order valence-corrected chi connectivity index (χ2v) is 8.62. The van der Waals surface area contributed by atoms with Crippen LogP contribution < -0.4 is 15.4 Å². The van der Waals surface area contributed by atoms with Gasteiger partial charge in [-0.15, -0.1) is 0 Å². The number of para-hydroxylation sites is 1. The van der Waals surface area contributed by atoms with Gasteiger partial charge in [-0.3, -0.25) is 9.78 Å². The molecule has 0 bridgehead atoms. The number of imidazole rings is 1. The Labute approximate surface area is 204 Å². The Kier molecular flexibility index (Phi) is 6.20. The van der Waals surface area contributed by atoms with E-state index >= 15 is 0 Å². The lowest BCUT2D eigenvalue weighted by Crippen LogP contribution is -2.23. The third-order valence-electron chi connectivity index (χ3n) is 6.21. The summed E-state index contributed by atoms with van der Waals surface area (Å²) in [6.07, 6.45) is 4.88. The van der Waals surface area contributed by atoms with E-state index in [-0.39, 0.29) is 5.91 Å². The van der Waals surface area contributed by atoms with Gasteiger partial charge in [0.15, 0.2) is 0 Å². The molecule has 1 aliphatic rings. The minimum absolute atomic E-state index is 0.261. The van der Waals surface area contributed by atoms with Gasteiger partial charge >= 0.3 is 0 Å². The fraction of sp³-hybridized carbons (Fsp3) is 0.222. The highest BCUT2D eigenvalue weighted by molar-refractivity contribution is 5.92. The van der Waals surface area contributed by atoms with Crippen LogP contribution >= 0.6 is 0 Å². The van der Waals surface area contributed by atoms with Gasteiger partial charge in [0, 0.05) is 56.8 Å². The zero-order chi connectivity index (χ0) is 24.4. The Morgan fingerprint density at radius 2 is 1.89 bits per heavy atom. The van der Waals surface area contributed by atoms with E-state index < -0.39 is 0 Å². The van der Waals surface area contributed by atoms with Crippen molar-refractivity contribution in [1.82, 2.24) is 24.8 Å². The molecule has 0 saturated heterocycles. The summed E-state index contributed by atoms with van der Waals surface area (Å²) in [5, 5.41) is 6.11. The molecule has 0 unspecified atom stereocenters. The number of nitrogens with one attached hydrogen (secondary N) is 2. The zero-order valence-electron chi connectivity index (χ0n) is 20.1. The van der Waals surface area contributed by atoms with Crippen molar-refractivity contribution in [2.45, 2.75) is 6.42 Å². The Hall–Kier alpha value is -4.17. The lowest BCUT2D eigenvalue weighted by Gasteiger charge is -2.23. The van der Waals surface area contributed by atoms with Crippen LogP contribution in [0.4, 0.5) is 11.6 Å². The van der Waals surface area contributed by atoms with Crippen LogP contribution in [-0.4, -0.2) is 52.5 Å². The molecule has 2 aromatic heterocycles. The number of hydrogen-bond donors (Lipinski definition) is 2. The lowest BCUT2D eigenvalue weighted by atomic mass is 9.98. The molecule has 0 saturated carbocycles. The van der Waals surface area contributed by atoms with E-state index in [4.69, 9.17) is 9.72 Å². The number of anilines is 2. The first-order valence-corrected chi connectivity index (χ1v) is 11.6. The van der Waals surface area contributed by atoms with Crippen molar-refractivity contribution in [3.05, 3.63) is 78.1 Å². The largest absolute Gasteiger partial charge is 0.457 e. The third kappa shape index (κ3) is 4.74. The first-order valence-electron chi connectivity index (χ1n) is 11.6. The van der Waals surface area contributed by atoms with Gasteiger partial charge in [-0.25, -0.2) is 4.98 Å². The molecule has 8 heteroatoms. The second kappa shape index (κ2) is 9.60. The summed E-state index contributed by atoms with van der Waals surface area (Å²) < 4.78 is 8.03. The first kappa shape index (κ1) is 22.6. The van der Waals surface area contributed by atoms with Crippen LogP contribution in [-0.2, 0) is 7.05 Å². The van der Waals surface area contributed by atoms with Crippen molar-refractivity contribution < 1.29 is 9.53 Å². The van der Waals surface area contributed by atoms with Crippen LogP contribution in [0.5, 0.6) is 11.5 Å². The van der Waals surface area contributed by atoms with Crippen molar-refractivity contribution in [3.8, 4) is 11.5 Å². The molecule has 4 aromatic rings. The van der Waals surface area contributed by atoms with Crippen LogP contribution in [0.2, 0.25) is 0 Å². The first-order chi connectivity index (χ1) is 17.0. The number of aromatic nitrogens is 3. The number of carbonyl (C=O) groups excluding carboxylic acids is 1. The molecule has 0 radical (unpaired) electrons. The Balaban J connectivity index is 1.41. The van der Waals surface area contributed by atoms with E-state index in [2.05, 4.69) is 51.8 Å². The molecule has 8 nitrogen and oxygen atoms in total. The number of likely N-dealkylation sites (N-methyl/N-ethyl adjacent to an activating group) is 1. The number of nitrogens with zero attached hydrogens (tertiary/aromatic N) is 4. The highest BCUT2D eigenvalue weighted by Crippen LogP contribution is 2.32. The second-order valence-electron chi connectivity index (χ2n) is 8.62. The molecule has 0 aliphatic carbocycles. The van der Waals surface area contributed by atoms with Gasteiger partial charge in [0.2, 0.25) is 5.95 Å². The number of aryl methyl sites for hydroxylation is 1. The Morgan fingerprint density at radius 1 is 1.06 bits per heavy atom. The predicted octanol–water partition coefficient (Wildman–Crippen LogP) is 4.58. The van der Waals surface area contributed by atoms with Crippen LogP contribution in [0.1, 0.15) is 22.5 Å². The SMILES string of the molecule is CNC(=O)c1cc(Oc2ccc3c(c2)nc(Nc2ccccc2C2=CCN(C)CC2)n3C)ccn1. The molecule has 1 aliphatic heterocycles. The van der Waals surface area contributed by atoms with E-state index in [1.165, 1.54) is 11.1 Å². The zero-order valence-corrected chi connectivity index (χ0v) is 20.1. The van der Waals surface area contributed by atoms with Crippen LogP contribution in [0, 0.1) is 0 Å². The lowest BCUT2D eigenvalue weighted by molar-refractivity contribution is 0.0958. The van der Waals surface area contributed by atoms with Crippen molar-refractivity contribution in [3.63, 3.8) is 0 Å². The summed E-state index contributed by atoms with van der Waals surface area (Å²) in [4.78, 5) is 23.1. The summed E-state index contributed by atoms with van der Waals surface area (Å²) in [7, 11) is 5.71. The highest BCUT2D eigenvalue weighted by atomic mass is 16.5. The number of carbonyl (C=O) groups is 1. The molecular formula is C27H28N6O2. The van der Waals surface area contributed by atoms with Gasteiger partial charge in [-0.05, 0) is 43.3 Å². The fourth-order valence-electron chi connectivity index (χ4n) is 4.23. The normalized spacial score (nSPS) is 14.0. The summed E-state index contributed by atoms with van der Waals surface area (Å²) in [5.74, 6) is 1.66. The number of pyridine rings is 1. The quantitative estimate of drug-likeness (QED) is 0.431. The van der Waals surface area contributed by atoms with Gasteiger partial charge in [-0.2, -0.15) is 0 Å². The maximum Gasteiger partial charge on any atom is 0.269 e. The number of amides is 1. The van der Waals surface area contributed by atoms with E-state index in [1.54, 1.807) is 25.4 Å². The average molecular weight is 469 g/mol. The molecule has 35 heavy (non-hydrogen) atoms. The monoisotopic (exact) mass is 468 g/mol.